The van der Waals surface area contributed by atoms with Crippen LogP contribution in [-0.4, -0.2) is 28.8 Å². The van der Waals surface area contributed by atoms with E-state index in [1.54, 1.807) is 25.1 Å². The summed E-state index contributed by atoms with van der Waals surface area (Å²) in [5, 5.41) is 20.9. The number of phenols is 1. The fraction of sp³-hybridized carbons (Fsp3) is 0.125. The molecule has 0 spiro atoms. The minimum absolute atomic E-state index is 0.0933. The van der Waals surface area contributed by atoms with Crippen LogP contribution < -0.4 is 0 Å². The fourth-order valence-electron chi connectivity index (χ4n) is 1.91. The molecule has 0 atom stereocenters. The standard InChI is InChI=1S/C16H13ClN2O5/c1-2-24-16(21)10-4-3-5-13(7-10)18-9-11-6-12(17)8-14(15(11)20)19(22)23/h3-9,20H,2H2,1H3. The van der Waals surface area contributed by atoms with Crippen molar-refractivity contribution in [3.05, 3.63) is 62.7 Å². The molecule has 0 saturated heterocycles. The highest BCUT2D eigenvalue weighted by molar-refractivity contribution is 6.31. The van der Waals surface area contributed by atoms with Gasteiger partial charge in [-0.15, -0.1) is 0 Å². The average Bonchev–Trinajstić information content (AvgIpc) is 2.55. The van der Waals surface area contributed by atoms with Gasteiger partial charge in [0.2, 0.25) is 5.75 Å². The van der Waals surface area contributed by atoms with Crippen molar-refractivity contribution in [3.8, 4) is 5.75 Å². The molecule has 0 amide bonds. The van der Waals surface area contributed by atoms with Crippen LogP contribution in [0.4, 0.5) is 11.4 Å². The van der Waals surface area contributed by atoms with E-state index in [0.717, 1.165) is 6.07 Å². The van der Waals surface area contributed by atoms with Crippen LogP contribution in [0, 0.1) is 10.1 Å². The van der Waals surface area contributed by atoms with Gasteiger partial charge in [0.15, 0.2) is 0 Å². The molecule has 24 heavy (non-hydrogen) atoms. The highest BCUT2D eigenvalue weighted by Gasteiger charge is 2.17. The van der Waals surface area contributed by atoms with Crippen LogP contribution in [0.1, 0.15) is 22.8 Å². The molecule has 0 saturated carbocycles. The van der Waals surface area contributed by atoms with Crippen LogP contribution in [0.5, 0.6) is 5.75 Å². The predicted molar refractivity (Wildman–Crippen MR) is 89.4 cm³/mol. The molecule has 124 valence electrons. The minimum atomic E-state index is -0.736. The Bertz CT molecular complexity index is 820. The number of nitro benzene ring substituents is 1. The maximum atomic E-state index is 11.7. The number of carbonyl (C=O) groups is 1. The van der Waals surface area contributed by atoms with Crippen LogP contribution in [0.25, 0.3) is 0 Å². The van der Waals surface area contributed by atoms with E-state index in [1.807, 2.05) is 0 Å². The number of phenolic OH excluding ortho intramolecular Hbond substituents is 1. The summed E-state index contributed by atoms with van der Waals surface area (Å²) in [6.45, 7) is 1.96. The van der Waals surface area contributed by atoms with Crippen LogP contribution in [0.15, 0.2) is 41.4 Å². The molecule has 0 aliphatic rings. The van der Waals surface area contributed by atoms with Gasteiger partial charge in [0, 0.05) is 22.9 Å². The van der Waals surface area contributed by atoms with Crippen molar-refractivity contribution in [2.45, 2.75) is 6.92 Å². The number of carbonyl (C=O) groups excluding carboxylic acids is 1. The van der Waals surface area contributed by atoms with E-state index in [2.05, 4.69) is 4.99 Å². The maximum Gasteiger partial charge on any atom is 0.338 e. The number of esters is 1. The molecule has 0 unspecified atom stereocenters. The van der Waals surface area contributed by atoms with Gasteiger partial charge in [0.05, 0.1) is 22.8 Å². The zero-order chi connectivity index (χ0) is 17.7. The van der Waals surface area contributed by atoms with Crippen molar-refractivity contribution in [3.63, 3.8) is 0 Å². The van der Waals surface area contributed by atoms with Gasteiger partial charge in [0.1, 0.15) is 0 Å². The third-order valence-electron chi connectivity index (χ3n) is 2.99. The number of halogens is 1. The summed E-state index contributed by atoms with van der Waals surface area (Å²) in [7, 11) is 0. The molecule has 0 fully saturated rings. The van der Waals surface area contributed by atoms with Crippen LogP contribution in [0.3, 0.4) is 0 Å². The first-order valence-electron chi connectivity index (χ1n) is 6.90. The van der Waals surface area contributed by atoms with Gasteiger partial charge < -0.3 is 9.84 Å². The number of ether oxygens (including phenoxy) is 1. The third kappa shape index (κ3) is 4.08. The van der Waals surface area contributed by atoms with Crippen LogP contribution >= 0.6 is 11.6 Å². The number of aliphatic imine (C=N–C) groups is 1. The first kappa shape index (κ1) is 17.4. The van der Waals surface area contributed by atoms with Crippen molar-refractivity contribution >= 4 is 35.2 Å². The van der Waals surface area contributed by atoms with Crippen molar-refractivity contribution in [1.29, 1.82) is 0 Å². The summed E-state index contributed by atoms with van der Waals surface area (Å²) in [5.74, 6) is -1.01. The first-order chi connectivity index (χ1) is 11.4. The van der Waals surface area contributed by atoms with E-state index in [0.29, 0.717) is 11.3 Å². The number of nitro groups is 1. The lowest BCUT2D eigenvalue weighted by atomic mass is 10.2. The van der Waals surface area contributed by atoms with Crippen molar-refractivity contribution in [2.75, 3.05) is 6.61 Å². The molecule has 1 N–H and O–H groups in total. The Kier molecular flexibility index (Phi) is 5.49. The number of hydrogen-bond acceptors (Lipinski definition) is 6. The normalized spacial score (nSPS) is 10.8. The molecular weight excluding hydrogens is 336 g/mol. The van der Waals surface area contributed by atoms with E-state index >= 15 is 0 Å². The Labute approximate surface area is 142 Å². The van der Waals surface area contributed by atoms with E-state index in [4.69, 9.17) is 16.3 Å². The van der Waals surface area contributed by atoms with Crippen molar-refractivity contribution in [2.24, 2.45) is 4.99 Å². The lowest BCUT2D eigenvalue weighted by Crippen LogP contribution is -2.03. The second kappa shape index (κ2) is 7.56. The molecular formula is C16H13ClN2O5. The van der Waals surface area contributed by atoms with Gasteiger partial charge in [-0.05, 0) is 31.2 Å². The monoisotopic (exact) mass is 348 g/mol. The highest BCUT2D eigenvalue weighted by Crippen LogP contribution is 2.32. The molecule has 2 aromatic carbocycles. The summed E-state index contributed by atoms with van der Waals surface area (Å²) in [6, 6.07) is 8.75. The van der Waals surface area contributed by atoms with Gasteiger partial charge in [-0.3, -0.25) is 15.1 Å². The molecule has 0 bridgehead atoms. The van der Waals surface area contributed by atoms with Gasteiger partial charge in [-0.1, -0.05) is 17.7 Å². The highest BCUT2D eigenvalue weighted by atomic mass is 35.5. The average molecular weight is 349 g/mol. The molecule has 8 heteroatoms. The van der Waals surface area contributed by atoms with Crippen LogP contribution in [0.2, 0.25) is 5.02 Å². The largest absolute Gasteiger partial charge is 0.502 e. The van der Waals surface area contributed by atoms with E-state index in [9.17, 15) is 20.0 Å². The second-order valence-corrected chi connectivity index (χ2v) is 5.09. The molecule has 0 radical (unpaired) electrons. The topological polar surface area (TPSA) is 102 Å². The number of aromatic hydroxyl groups is 1. The SMILES string of the molecule is CCOC(=O)c1cccc(N=Cc2cc(Cl)cc([N+](=O)[O-])c2O)c1. The Hall–Kier alpha value is -2.93. The Morgan fingerprint density at radius 3 is 2.83 bits per heavy atom. The second-order valence-electron chi connectivity index (χ2n) is 4.65. The lowest BCUT2D eigenvalue weighted by molar-refractivity contribution is -0.385. The molecule has 0 aliphatic carbocycles. The zero-order valence-electron chi connectivity index (χ0n) is 12.6. The fourth-order valence-corrected chi connectivity index (χ4v) is 2.14. The summed E-state index contributed by atoms with van der Waals surface area (Å²) < 4.78 is 4.90. The summed E-state index contributed by atoms with van der Waals surface area (Å²) in [6.07, 6.45) is 1.23. The Morgan fingerprint density at radius 2 is 2.17 bits per heavy atom. The molecule has 7 nitrogen and oxygen atoms in total. The van der Waals surface area contributed by atoms with E-state index in [1.165, 1.54) is 18.3 Å². The summed E-state index contributed by atoms with van der Waals surface area (Å²) in [4.78, 5) is 25.9. The molecule has 2 rings (SSSR count). The van der Waals surface area contributed by atoms with Gasteiger partial charge >= 0.3 is 11.7 Å². The minimum Gasteiger partial charge on any atom is -0.502 e. The van der Waals surface area contributed by atoms with E-state index in [-0.39, 0.29) is 17.2 Å². The van der Waals surface area contributed by atoms with Gasteiger partial charge in [-0.25, -0.2) is 4.79 Å². The number of hydrogen-bond donors (Lipinski definition) is 1. The first-order valence-corrected chi connectivity index (χ1v) is 7.28. The van der Waals surface area contributed by atoms with Crippen molar-refractivity contribution < 1.29 is 19.6 Å². The number of benzene rings is 2. The Balaban J connectivity index is 2.33. The van der Waals surface area contributed by atoms with Gasteiger partial charge in [0.25, 0.3) is 0 Å². The summed E-state index contributed by atoms with van der Waals surface area (Å²) >= 11 is 5.81. The van der Waals surface area contributed by atoms with Crippen LogP contribution in [-0.2, 0) is 4.74 Å². The lowest BCUT2D eigenvalue weighted by Gasteiger charge is -2.03. The predicted octanol–water partition coefficient (Wildman–Crippen LogP) is 3.88. The molecule has 0 aliphatic heterocycles. The third-order valence-corrected chi connectivity index (χ3v) is 3.21. The number of nitrogens with zero attached hydrogens (tertiary/aromatic N) is 2. The molecule has 0 aromatic heterocycles. The summed E-state index contributed by atoms with van der Waals surface area (Å²) in [5.41, 5.74) is 0.329. The Morgan fingerprint density at radius 1 is 1.42 bits per heavy atom. The molecule has 0 heterocycles. The molecule has 2 aromatic rings. The van der Waals surface area contributed by atoms with E-state index < -0.39 is 22.3 Å². The van der Waals surface area contributed by atoms with Gasteiger partial charge in [-0.2, -0.15) is 0 Å². The zero-order valence-corrected chi connectivity index (χ0v) is 13.4. The number of rotatable bonds is 5. The smallest absolute Gasteiger partial charge is 0.338 e. The van der Waals surface area contributed by atoms with Crippen molar-refractivity contribution in [1.82, 2.24) is 0 Å². The quantitative estimate of drug-likeness (QED) is 0.382. The maximum absolute atomic E-state index is 11.7.